The molecule has 1 aliphatic heterocycles. The normalized spacial score (nSPS) is 17.4. The van der Waals surface area contributed by atoms with Crippen LogP contribution in [-0.4, -0.2) is 43.7 Å². The molecule has 1 heterocycles. The molecule has 1 aromatic carbocycles. The van der Waals surface area contributed by atoms with E-state index in [0.29, 0.717) is 6.54 Å². The Morgan fingerprint density at radius 1 is 1.30 bits per heavy atom. The summed E-state index contributed by atoms with van der Waals surface area (Å²) >= 11 is 0. The summed E-state index contributed by atoms with van der Waals surface area (Å²) in [5, 5.41) is 8.63. The first-order valence-corrected chi connectivity index (χ1v) is 8.25. The molecule has 1 aliphatic rings. The van der Waals surface area contributed by atoms with E-state index < -0.39 is 5.41 Å². The predicted octanol–water partition coefficient (Wildman–Crippen LogP) is 1.83. The number of hydrogen-bond donors (Lipinski definition) is 1. The fourth-order valence-corrected chi connectivity index (χ4v) is 3.17. The quantitative estimate of drug-likeness (QED) is 0.613. The SMILES string of the molecule is N#CCCOC(=O)C1(c2ccccc2)CCN(CCCN)CC1. The molecule has 0 amide bonds. The topological polar surface area (TPSA) is 79.3 Å². The summed E-state index contributed by atoms with van der Waals surface area (Å²) in [6, 6.07) is 11.9. The van der Waals surface area contributed by atoms with Crippen molar-refractivity contribution < 1.29 is 9.53 Å². The van der Waals surface area contributed by atoms with Crippen LogP contribution < -0.4 is 5.73 Å². The molecule has 0 spiro atoms. The minimum absolute atomic E-state index is 0.167. The van der Waals surface area contributed by atoms with Crippen LogP contribution in [0.4, 0.5) is 0 Å². The number of esters is 1. The van der Waals surface area contributed by atoms with E-state index in [2.05, 4.69) is 4.90 Å². The molecular formula is C18H25N3O2. The lowest BCUT2D eigenvalue weighted by Gasteiger charge is -2.40. The Kier molecular flexibility index (Phi) is 6.57. The molecule has 0 saturated carbocycles. The highest BCUT2D eigenvalue weighted by atomic mass is 16.5. The molecular weight excluding hydrogens is 290 g/mol. The third kappa shape index (κ3) is 4.31. The first kappa shape index (κ1) is 17.5. The molecule has 0 aliphatic carbocycles. The van der Waals surface area contributed by atoms with Crippen LogP contribution in [0.15, 0.2) is 30.3 Å². The van der Waals surface area contributed by atoms with E-state index in [4.69, 9.17) is 15.7 Å². The van der Waals surface area contributed by atoms with E-state index in [1.807, 2.05) is 36.4 Å². The van der Waals surface area contributed by atoms with Crippen LogP contribution in [0.2, 0.25) is 0 Å². The van der Waals surface area contributed by atoms with Gasteiger partial charge >= 0.3 is 5.97 Å². The number of carbonyl (C=O) groups excluding carboxylic acids is 1. The van der Waals surface area contributed by atoms with Gasteiger partial charge in [0.15, 0.2) is 0 Å². The lowest BCUT2D eigenvalue weighted by Crippen LogP contribution is -2.48. The maximum absolute atomic E-state index is 12.7. The Morgan fingerprint density at radius 3 is 2.61 bits per heavy atom. The molecule has 0 atom stereocenters. The van der Waals surface area contributed by atoms with Gasteiger partial charge in [-0.05, 0) is 51.0 Å². The summed E-state index contributed by atoms with van der Waals surface area (Å²) in [6.07, 6.45) is 2.70. The van der Waals surface area contributed by atoms with Crippen LogP contribution in [-0.2, 0) is 14.9 Å². The van der Waals surface area contributed by atoms with Gasteiger partial charge < -0.3 is 15.4 Å². The summed E-state index contributed by atoms with van der Waals surface area (Å²) in [7, 11) is 0. The Morgan fingerprint density at radius 2 is 2.00 bits per heavy atom. The number of benzene rings is 1. The number of carbonyl (C=O) groups is 1. The van der Waals surface area contributed by atoms with Gasteiger partial charge in [0.2, 0.25) is 0 Å². The fourth-order valence-electron chi connectivity index (χ4n) is 3.17. The van der Waals surface area contributed by atoms with Crippen molar-refractivity contribution in [1.82, 2.24) is 4.90 Å². The summed E-state index contributed by atoms with van der Waals surface area (Å²) in [5.74, 6) is -0.197. The second-order valence-corrected chi connectivity index (χ2v) is 5.98. The third-order valence-corrected chi connectivity index (χ3v) is 4.55. The highest BCUT2D eigenvalue weighted by molar-refractivity contribution is 5.83. The van der Waals surface area contributed by atoms with Crippen LogP contribution in [0.5, 0.6) is 0 Å². The first-order valence-electron chi connectivity index (χ1n) is 8.25. The van der Waals surface area contributed by atoms with E-state index >= 15 is 0 Å². The molecule has 2 N–H and O–H groups in total. The van der Waals surface area contributed by atoms with Crippen molar-refractivity contribution in [2.75, 3.05) is 32.8 Å². The number of rotatable bonds is 7. The maximum Gasteiger partial charge on any atom is 0.316 e. The van der Waals surface area contributed by atoms with Crippen molar-refractivity contribution in [1.29, 1.82) is 5.26 Å². The Balaban J connectivity index is 2.11. The number of nitrogens with two attached hydrogens (primary N) is 1. The number of likely N-dealkylation sites (tertiary alicyclic amines) is 1. The molecule has 1 fully saturated rings. The molecule has 0 aromatic heterocycles. The zero-order chi connectivity index (χ0) is 16.5. The molecule has 1 aromatic rings. The Hall–Kier alpha value is -1.90. The average molecular weight is 315 g/mol. The number of nitrogens with zero attached hydrogens (tertiary/aromatic N) is 2. The predicted molar refractivity (Wildman–Crippen MR) is 88.7 cm³/mol. The van der Waals surface area contributed by atoms with E-state index in [-0.39, 0.29) is 19.0 Å². The molecule has 23 heavy (non-hydrogen) atoms. The average Bonchev–Trinajstić information content (AvgIpc) is 2.61. The lowest BCUT2D eigenvalue weighted by molar-refractivity contribution is -0.152. The smallest absolute Gasteiger partial charge is 0.316 e. The van der Waals surface area contributed by atoms with Crippen molar-refractivity contribution in [3.05, 3.63) is 35.9 Å². The van der Waals surface area contributed by atoms with E-state index in [9.17, 15) is 4.79 Å². The second kappa shape index (κ2) is 8.66. The van der Waals surface area contributed by atoms with E-state index in [1.54, 1.807) is 0 Å². The van der Waals surface area contributed by atoms with Gasteiger partial charge in [-0.25, -0.2) is 0 Å². The summed E-state index contributed by atoms with van der Waals surface area (Å²) in [4.78, 5) is 15.1. The first-order chi connectivity index (χ1) is 11.2. The monoisotopic (exact) mass is 315 g/mol. The van der Waals surface area contributed by atoms with Crippen LogP contribution >= 0.6 is 0 Å². The zero-order valence-electron chi connectivity index (χ0n) is 13.5. The Labute approximate surface area is 138 Å². The highest BCUT2D eigenvalue weighted by Crippen LogP contribution is 2.37. The van der Waals surface area contributed by atoms with E-state index in [0.717, 1.165) is 44.5 Å². The van der Waals surface area contributed by atoms with Crippen LogP contribution in [0.25, 0.3) is 0 Å². The largest absolute Gasteiger partial charge is 0.464 e. The van der Waals surface area contributed by atoms with Crippen molar-refractivity contribution in [3.8, 4) is 6.07 Å². The van der Waals surface area contributed by atoms with Gasteiger partial charge in [0.25, 0.3) is 0 Å². The van der Waals surface area contributed by atoms with Gasteiger partial charge in [0, 0.05) is 0 Å². The second-order valence-electron chi connectivity index (χ2n) is 5.98. The molecule has 0 unspecified atom stereocenters. The molecule has 2 rings (SSSR count). The van der Waals surface area contributed by atoms with Gasteiger partial charge in [-0.15, -0.1) is 0 Å². The van der Waals surface area contributed by atoms with Crippen molar-refractivity contribution in [3.63, 3.8) is 0 Å². The lowest BCUT2D eigenvalue weighted by atomic mass is 9.72. The molecule has 0 bridgehead atoms. The van der Waals surface area contributed by atoms with Crippen LogP contribution in [0.1, 0.15) is 31.2 Å². The maximum atomic E-state index is 12.7. The summed E-state index contributed by atoms with van der Waals surface area (Å²) < 4.78 is 5.40. The molecule has 124 valence electrons. The highest BCUT2D eigenvalue weighted by Gasteiger charge is 2.44. The van der Waals surface area contributed by atoms with Crippen molar-refractivity contribution in [2.45, 2.75) is 31.1 Å². The number of hydrogen-bond acceptors (Lipinski definition) is 5. The fraction of sp³-hybridized carbons (Fsp3) is 0.556. The van der Waals surface area contributed by atoms with Crippen LogP contribution in [0, 0.1) is 11.3 Å². The Bertz CT molecular complexity index is 531. The van der Waals surface area contributed by atoms with Gasteiger partial charge in [-0.3, -0.25) is 4.79 Å². The molecule has 0 radical (unpaired) electrons. The van der Waals surface area contributed by atoms with E-state index in [1.165, 1.54) is 0 Å². The molecule has 5 nitrogen and oxygen atoms in total. The van der Waals surface area contributed by atoms with Crippen molar-refractivity contribution in [2.24, 2.45) is 5.73 Å². The minimum Gasteiger partial charge on any atom is -0.464 e. The standard InChI is InChI=1S/C18H25N3O2/c19-10-4-12-21-13-8-18(9-14-21,16-6-2-1-3-7-16)17(22)23-15-5-11-20/h1-3,6-7H,4-5,8-10,12-15,19H2. The van der Waals surface area contributed by atoms with Crippen LogP contribution in [0.3, 0.4) is 0 Å². The number of nitriles is 1. The molecule has 1 saturated heterocycles. The molecule has 5 heteroatoms. The third-order valence-electron chi connectivity index (χ3n) is 4.55. The van der Waals surface area contributed by atoms with Crippen molar-refractivity contribution >= 4 is 5.97 Å². The minimum atomic E-state index is -0.587. The summed E-state index contributed by atoms with van der Waals surface area (Å²) in [5.41, 5.74) is 6.01. The van der Waals surface area contributed by atoms with Gasteiger partial charge in [0.05, 0.1) is 17.9 Å². The van der Waals surface area contributed by atoms with Gasteiger partial charge in [0.1, 0.15) is 6.61 Å². The summed E-state index contributed by atoms with van der Waals surface area (Å²) in [6.45, 7) is 3.56. The number of ether oxygens (including phenoxy) is 1. The zero-order valence-corrected chi connectivity index (χ0v) is 13.5. The van der Waals surface area contributed by atoms with Gasteiger partial charge in [-0.2, -0.15) is 5.26 Å². The number of piperidine rings is 1. The van der Waals surface area contributed by atoms with Gasteiger partial charge in [-0.1, -0.05) is 30.3 Å².